The molecule has 0 saturated carbocycles. The summed E-state index contributed by atoms with van der Waals surface area (Å²) in [6.07, 6.45) is 0. The van der Waals surface area contributed by atoms with Crippen LogP contribution in [0.5, 0.6) is 0 Å². The summed E-state index contributed by atoms with van der Waals surface area (Å²) in [6.45, 7) is 0. The van der Waals surface area contributed by atoms with Crippen molar-refractivity contribution in [2.45, 2.75) is 11.5 Å². The van der Waals surface area contributed by atoms with Gasteiger partial charge in [-0.2, -0.15) is 0 Å². The molecule has 0 fully saturated rings. The first-order valence-electron chi connectivity index (χ1n) is 23.6. The third kappa shape index (κ3) is 6.04. The Morgan fingerprint density at radius 1 is 0.279 bits per heavy atom. The molecule has 0 N–H and O–H groups in total. The molecule has 2 heterocycles. The molecule has 2 aromatic heterocycles. The normalized spacial score (nSPS) is 16.3. The minimum absolute atomic E-state index is 0.206. The molecule has 0 atom stereocenters. The van der Waals surface area contributed by atoms with Gasteiger partial charge in [-0.15, -0.1) is 0 Å². The highest BCUT2D eigenvalue weighted by Gasteiger charge is 2.52. The van der Waals surface area contributed by atoms with Gasteiger partial charge in [0.25, 0.3) is 0 Å². The summed E-state index contributed by atoms with van der Waals surface area (Å²) >= 11 is 0. The quantitative estimate of drug-likeness (QED) is 0.144. The van der Waals surface area contributed by atoms with E-state index in [9.17, 15) is 0 Å². The minimum Gasteiger partial charge on any atom is -0.322 e. The van der Waals surface area contributed by atoms with Crippen molar-refractivity contribution in [2.75, 3.05) is 0 Å². The molecule has 13 rings (SSSR count). The van der Waals surface area contributed by atoms with E-state index in [0.29, 0.717) is 0 Å². The standard InChI is InChI=1S/C66H46N2/c1-6-24-46(25-7-1)62-61(48-42-44-52(45-43-48)67-57-38-20-16-34-53(57)54-35-17-21-39-58(54)67)63(47-26-8-2-9-27-47)65(50-30-12-4-13-31-50)66(51-32-14-5-15-33-51,64(62)49-28-10-3-11-29-49)68-59-40-22-18-36-55(59)56-37-19-23-41-60(56)68/h1-45,61H. The van der Waals surface area contributed by atoms with Crippen LogP contribution in [-0.4, -0.2) is 9.13 Å². The monoisotopic (exact) mass is 866 g/mol. The van der Waals surface area contributed by atoms with Crippen molar-refractivity contribution in [2.24, 2.45) is 0 Å². The lowest BCUT2D eigenvalue weighted by Gasteiger charge is -2.50. The molecule has 68 heavy (non-hydrogen) atoms. The van der Waals surface area contributed by atoms with E-state index >= 15 is 0 Å². The largest absolute Gasteiger partial charge is 0.322 e. The third-order valence-corrected chi connectivity index (χ3v) is 14.3. The summed E-state index contributed by atoms with van der Waals surface area (Å²) in [5, 5.41) is 4.96. The lowest BCUT2D eigenvalue weighted by Crippen LogP contribution is -2.42. The topological polar surface area (TPSA) is 9.86 Å². The van der Waals surface area contributed by atoms with Crippen LogP contribution in [0.3, 0.4) is 0 Å². The fraction of sp³-hybridized carbons (Fsp3) is 0.0303. The first kappa shape index (κ1) is 39.6. The predicted molar refractivity (Wildman–Crippen MR) is 286 cm³/mol. The van der Waals surface area contributed by atoms with Gasteiger partial charge in [0.1, 0.15) is 5.54 Å². The fourth-order valence-electron chi connectivity index (χ4n) is 11.7. The number of aromatic nitrogens is 2. The molecular formula is C66H46N2. The number of para-hydroxylation sites is 4. The molecule has 1 aliphatic rings. The first-order chi connectivity index (χ1) is 33.8. The number of allylic oxidation sites excluding steroid dienone is 4. The highest BCUT2D eigenvalue weighted by molar-refractivity contribution is 6.20. The summed E-state index contributed by atoms with van der Waals surface area (Å²) in [7, 11) is 0. The van der Waals surface area contributed by atoms with Crippen LogP contribution >= 0.6 is 0 Å². The highest BCUT2D eigenvalue weighted by Crippen LogP contribution is 2.65. The Kier molecular flexibility index (Phi) is 9.50. The number of rotatable bonds is 8. The van der Waals surface area contributed by atoms with Crippen LogP contribution in [0.4, 0.5) is 0 Å². The zero-order valence-electron chi connectivity index (χ0n) is 37.5. The van der Waals surface area contributed by atoms with Gasteiger partial charge >= 0.3 is 0 Å². The first-order valence-corrected chi connectivity index (χ1v) is 23.6. The van der Waals surface area contributed by atoms with Gasteiger partial charge in [-0.05, 0) is 92.1 Å². The van der Waals surface area contributed by atoms with Gasteiger partial charge in [0.15, 0.2) is 0 Å². The van der Waals surface area contributed by atoms with Gasteiger partial charge in [0.2, 0.25) is 0 Å². The van der Waals surface area contributed by atoms with Gasteiger partial charge in [0, 0.05) is 33.2 Å². The Balaban J connectivity index is 1.25. The van der Waals surface area contributed by atoms with Crippen molar-refractivity contribution in [3.8, 4) is 5.69 Å². The molecule has 0 aliphatic heterocycles. The molecule has 320 valence electrons. The summed E-state index contributed by atoms with van der Waals surface area (Å²) < 4.78 is 5.12. The SMILES string of the molecule is c1ccc(C2=C(c3ccccc3)C(c3ccccc3)(n3c4ccccc4c4ccccc43)C(c3ccccc3)=C(c3ccccc3)C2c2ccc(-n3c4ccccc4c4ccccc43)cc2)cc1. The van der Waals surface area contributed by atoms with Gasteiger partial charge in [-0.1, -0.05) is 237 Å². The number of hydrogen-bond donors (Lipinski definition) is 0. The second-order valence-electron chi connectivity index (χ2n) is 17.9. The molecular weight excluding hydrogens is 821 g/mol. The van der Waals surface area contributed by atoms with E-state index in [1.54, 1.807) is 0 Å². The van der Waals surface area contributed by atoms with E-state index in [0.717, 1.165) is 5.69 Å². The maximum atomic E-state index is 2.70. The Hall–Kier alpha value is -8.72. The van der Waals surface area contributed by atoms with Crippen molar-refractivity contribution in [3.05, 3.63) is 306 Å². The number of hydrogen-bond acceptors (Lipinski definition) is 0. The van der Waals surface area contributed by atoms with E-state index in [2.05, 4.69) is 282 Å². The highest BCUT2D eigenvalue weighted by atomic mass is 15.1. The van der Waals surface area contributed by atoms with Gasteiger partial charge in [-0.25, -0.2) is 0 Å². The Labute approximate surface area is 396 Å². The van der Waals surface area contributed by atoms with Gasteiger partial charge < -0.3 is 9.13 Å². The molecule has 0 radical (unpaired) electrons. The lowest BCUT2D eigenvalue weighted by molar-refractivity contribution is 0.627. The molecule has 0 unspecified atom stereocenters. The lowest BCUT2D eigenvalue weighted by atomic mass is 9.58. The summed E-state index contributed by atoms with van der Waals surface area (Å²) in [5.74, 6) is -0.206. The van der Waals surface area contributed by atoms with Crippen molar-refractivity contribution in [1.29, 1.82) is 0 Å². The minimum atomic E-state index is -0.928. The molecule has 0 amide bonds. The van der Waals surface area contributed by atoms with Crippen LogP contribution < -0.4 is 0 Å². The van der Waals surface area contributed by atoms with Crippen LogP contribution in [0.25, 0.3) is 71.6 Å². The number of fused-ring (bicyclic) bond motifs is 6. The van der Waals surface area contributed by atoms with Gasteiger partial charge in [-0.3, -0.25) is 0 Å². The van der Waals surface area contributed by atoms with Crippen LogP contribution in [-0.2, 0) is 5.54 Å². The second-order valence-corrected chi connectivity index (χ2v) is 17.9. The molecule has 2 heteroatoms. The van der Waals surface area contributed by atoms with Crippen molar-refractivity contribution < 1.29 is 0 Å². The van der Waals surface area contributed by atoms with E-state index in [1.165, 1.54) is 99.3 Å². The van der Waals surface area contributed by atoms with Crippen LogP contribution in [0, 0.1) is 0 Å². The van der Waals surface area contributed by atoms with E-state index in [1.807, 2.05) is 0 Å². The Morgan fingerprint density at radius 3 is 1.01 bits per heavy atom. The summed E-state index contributed by atoms with van der Waals surface area (Å²) in [6, 6.07) is 101. The zero-order chi connectivity index (χ0) is 45.0. The zero-order valence-corrected chi connectivity index (χ0v) is 37.5. The van der Waals surface area contributed by atoms with Crippen LogP contribution in [0.2, 0.25) is 0 Å². The Morgan fingerprint density at radius 2 is 0.603 bits per heavy atom. The molecule has 12 aromatic rings. The summed E-state index contributed by atoms with van der Waals surface area (Å²) in [4.78, 5) is 0. The molecule has 10 aromatic carbocycles. The number of nitrogens with zero attached hydrogens (tertiary/aromatic N) is 2. The fourth-order valence-corrected chi connectivity index (χ4v) is 11.7. The van der Waals surface area contributed by atoms with Gasteiger partial charge in [0.05, 0.1) is 22.1 Å². The van der Waals surface area contributed by atoms with E-state index in [4.69, 9.17) is 0 Å². The maximum absolute atomic E-state index is 2.70. The second kappa shape index (κ2) is 16.3. The Bertz CT molecular complexity index is 3650. The predicted octanol–water partition coefficient (Wildman–Crippen LogP) is 16.7. The average Bonchev–Trinajstić information content (AvgIpc) is 3.95. The van der Waals surface area contributed by atoms with E-state index < -0.39 is 5.54 Å². The van der Waals surface area contributed by atoms with Crippen molar-refractivity contribution in [3.63, 3.8) is 0 Å². The molecule has 2 nitrogen and oxygen atoms in total. The molecule has 0 spiro atoms. The van der Waals surface area contributed by atoms with Crippen molar-refractivity contribution in [1.82, 2.24) is 9.13 Å². The number of benzene rings is 10. The maximum Gasteiger partial charge on any atom is 0.123 e. The average molecular weight is 867 g/mol. The molecule has 1 aliphatic carbocycles. The smallest absolute Gasteiger partial charge is 0.123 e. The van der Waals surface area contributed by atoms with Crippen LogP contribution in [0.15, 0.2) is 273 Å². The molecule has 0 bridgehead atoms. The summed E-state index contributed by atoms with van der Waals surface area (Å²) in [5.41, 5.74) is 17.1. The third-order valence-electron chi connectivity index (χ3n) is 14.3. The van der Waals surface area contributed by atoms with E-state index in [-0.39, 0.29) is 5.92 Å². The molecule has 0 saturated heterocycles. The van der Waals surface area contributed by atoms with Crippen LogP contribution in [0.1, 0.15) is 39.3 Å². The van der Waals surface area contributed by atoms with Crippen molar-refractivity contribution >= 4 is 65.9 Å².